The molecule has 1 N–H and O–H groups in total. The van der Waals surface area contributed by atoms with Gasteiger partial charge in [0.25, 0.3) is 0 Å². The Morgan fingerprint density at radius 2 is 1.91 bits per heavy atom. The van der Waals surface area contributed by atoms with Crippen molar-refractivity contribution < 1.29 is 23.5 Å². The number of rotatable bonds is 6. The van der Waals surface area contributed by atoms with E-state index in [1.165, 1.54) is 21.3 Å². The molecular weight excluding hydrogens is 290 g/mol. The number of nitrogens with zero attached hydrogens (tertiary/aromatic N) is 2. The van der Waals surface area contributed by atoms with E-state index in [0.717, 1.165) is 0 Å². The van der Waals surface area contributed by atoms with Crippen molar-refractivity contribution >= 4 is 11.7 Å². The SMILES string of the molecule is COC(=O)c1cc(OC)c(OC)cc1NCc1nc(C)no1. The second-order valence-corrected chi connectivity index (χ2v) is 4.33. The molecule has 0 saturated heterocycles. The molecule has 0 aliphatic heterocycles. The summed E-state index contributed by atoms with van der Waals surface area (Å²) < 4.78 is 20.2. The second-order valence-electron chi connectivity index (χ2n) is 4.33. The van der Waals surface area contributed by atoms with E-state index in [0.29, 0.717) is 34.5 Å². The summed E-state index contributed by atoms with van der Waals surface area (Å²) in [7, 11) is 4.32. The van der Waals surface area contributed by atoms with Gasteiger partial charge in [-0.2, -0.15) is 4.98 Å². The van der Waals surface area contributed by atoms with Gasteiger partial charge in [-0.1, -0.05) is 5.16 Å². The Morgan fingerprint density at radius 1 is 1.23 bits per heavy atom. The van der Waals surface area contributed by atoms with Crippen LogP contribution in [-0.4, -0.2) is 37.4 Å². The first-order chi connectivity index (χ1) is 10.6. The molecule has 2 aromatic rings. The van der Waals surface area contributed by atoms with Crippen LogP contribution in [0.3, 0.4) is 0 Å². The van der Waals surface area contributed by atoms with Gasteiger partial charge in [-0.3, -0.25) is 0 Å². The molecule has 22 heavy (non-hydrogen) atoms. The number of carbonyl (C=O) groups excluding carboxylic acids is 1. The van der Waals surface area contributed by atoms with Crippen LogP contribution in [0.1, 0.15) is 22.1 Å². The number of anilines is 1. The minimum Gasteiger partial charge on any atom is -0.493 e. The summed E-state index contributed by atoms with van der Waals surface area (Å²) in [6.45, 7) is 1.99. The van der Waals surface area contributed by atoms with Crippen LogP contribution in [0, 0.1) is 6.92 Å². The Kier molecular flexibility index (Phi) is 4.82. The van der Waals surface area contributed by atoms with Crippen LogP contribution in [0.4, 0.5) is 5.69 Å². The first-order valence-corrected chi connectivity index (χ1v) is 6.46. The number of hydrogen-bond donors (Lipinski definition) is 1. The van der Waals surface area contributed by atoms with Crippen molar-refractivity contribution in [1.29, 1.82) is 0 Å². The molecular formula is C14H17N3O5. The van der Waals surface area contributed by atoms with Crippen LogP contribution in [0.15, 0.2) is 16.7 Å². The molecule has 1 aromatic carbocycles. The highest BCUT2D eigenvalue weighted by molar-refractivity contribution is 5.96. The third-order valence-electron chi connectivity index (χ3n) is 2.93. The fourth-order valence-electron chi connectivity index (χ4n) is 1.89. The van der Waals surface area contributed by atoms with Crippen LogP contribution in [0.2, 0.25) is 0 Å². The number of ether oxygens (including phenoxy) is 3. The summed E-state index contributed by atoms with van der Waals surface area (Å²) >= 11 is 0. The molecule has 0 unspecified atom stereocenters. The number of hydrogen-bond acceptors (Lipinski definition) is 8. The van der Waals surface area contributed by atoms with E-state index in [1.807, 2.05) is 0 Å². The Hall–Kier alpha value is -2.77. The fraction of sp³-hybridized carbons (Fsp3) is 0.357. The lowest BCUT2D eigenvalue weighted by Gasteiger charge is -2.14. The quantitative estimate of drug-likeness (QED) is 0.807. The Balaban J connectivity index is 2.32. The molecule has 0 amide bonds. The summed E-state index contributed by atoms with van der Waals surface area (Å²) in [5, 5.41) is 6.75. The Morgan fingerprint density at radius 3 is 2.45 bits per heavy atom. The van der Waals surface area contributed by atoms with Gasteiger partial charge in [-0.25, -0.2) is 4.79 Å². The van der Waals surface area contributed by atoms with Gasteiger partial charge in [-0.15, -0.1) is 0 Å². The molecule has 0 radical (unpaired) electrons. The first-order valence-electron chi connectivity index (χ1n) is 6.46. The molecule has 0 fully saturated rings. The van der Waals surface area contributed by atoms with Crippen LogP contribution in [-0.2, 0) is 11.3 Å². The zero-order valence-corrected chi connectivity index (χ0v) is 12.8. The zero-order chi connectivity index (χ0) is 16.1. The highest BCUT2D eigenvalue weighted by Crippen LogP contribution is 2.33. The van der Waals surface area contributed by atoms with Gasteiger partial charge in [0.1, 0.15) is 0 Å². The number of aryl methyl sites for hydroxylation is 1. The molecule has 8 heteroatoms. The first kappa shape index (κ1) is 15.6. The van der Waals surface area contributed by atoms with E-state index in [-0.39, 0.29) is 6.54 Å². The monoisotopic (exact) mass is 307 g/mol. The molecule has 2 rings (SSSR count). The minimum atomic E-state index is -0.495. The lowest BCUT2D eigenvalue weighted by atomic mass is 10.1. The van der Waals surface area contributed by atoms with E-state index >= 15 is 0 Å². The summed E-state index contributed by atoms with van der Waals surface area (Å²) in [6.07, 6.45) is 0. The normalized spacial score (nSPS) is 10.2. The molecule has 0 saturated carbocycles. The molecule has 0 spiro atoms. The van der Waals surface area contributed by atoms with Crippen LogP contribution < -0.4 is 14.8 Å². The van der Waals surface area contributed by atoms with E-state index in [4.69, 9.17) is 18.7 Å². The zero-order valence-electron chi connectivity index (χ0n) is 12.8. The third-order valence-corrected chi connectivity index (χ3v) is 2.93. The summed E-state index contributed by atoms with van der Waals surface area (Å²) in [6, 6.07) is 3.19. The van der Waals surface area contributed by atoms with Crippen molar-refractivity contribution in [3.05, 3.63) is 29.4 Å². The van der Waals surface area contributed by atoms with Crippen molar-refractivity contribution in [2.24, 2.45) is 0 Å². The number of aromatic nitrogens is 2. The predicted molar refractivity (Wildman–Crippen MR) is 77.2 cm³/mol. The average molecular weight is 307 g/mol. The number of benzene rings is 1. The van der Waals surface area contributed by atoms with Gasteiger partial charge < -0.3 is 24.1 Å². The topological polar surface area (TPSA) is 95.7 Å². The molecule has 8 nitrogen and oxygen atoms in total. The molecule has 0 bridgehead atoms. The van der Waals surface area contributed by atoms with Gasteiger partial charge in [0.05, 0.1) is 39.1 Å². The van der Waals surface area contributed by atoms with E-state index < -0.39 is 5.97 Å². The van der Waals surface area contributed by atoms with E-state index in [2.05, 4.69) is 15.5 Å². The van der Waals surface area contributed by atoms with Crippen molar-refractivity contribution in [3.8, 4) is 11.5 Å². The third kappa shape index (κ3) is 3.27. The lowest BCUT2D eigenvalue weighted by molar-refractivity contribution is 0.0601. The van der Waals surface area contributed by atoms with E-state index in [1.54, 1.807) is 19.1 Å². The average Bonchev–Trinajstić information content (AvgIpc) is 2.96. The highest BCUT2D eigenvalue weighted by Gasteiger charge is 2.18. The largest absolute Gasteiger partial charge is 0.493 e. The maximum Gasteiger partial charge on any atom is 0.340 e. The van der Waals surface area contributed by atoms with Crippen LogP contribution in [0.5, 0.6) is 11.5 Å². The van der Waals surface area contributed by atoms with Crippen molar-refractivity contribution in [1.82, 2.24) is 10.1 Å². The summed E-state index contributed by atoms with van der Waals surface area (Å²) in [4.78, 5) is 16.0. The smallest absolute Gasteiger partial charge is 0.340 e. The standard InChI is InChI=1S/C14H17N3O5/c1-8-16-13(22-17-8)7-15-10-6-12(20-3)11(19-2)5-9(10)14(18)21-4/h5-6,15H,7H2,1-4H3. The second kappa shape index (κ2) is 6.79. The van der Waals surface area contributed by atoms with Crippen molar-refractivity contribution in [2.45, 2.75) is 13.5 Å². The molecule has 0 aliphatic carbocycles. The van der Waals surface area contributed by atoms with Gasteiger partial charge in [0.2, 0.25) is 5.89 Å². The van der Waals surface area contributed by atoms with Gasteiger partial charge in [0.15, 0.2) is 17.3 Å². The highest BCUT2D eigenvalue weighted by atomic mass is 16.5. The summed E-state index contributed by atoms with van der Waals surface area (Å²) in [5.74, 6) is 1.37. The Labute approximate surface area is 127 Å². The lowest BCUT2D eigenvalue weighted by Crippen LogP contribution is -2.09. The maximum absolute atomic E-state index is 11.9. The predicted octanol–water partition coefficient (Wildman–Crippen LogP) is 1.79. The number of esters is 1. The molecule has 1 heterocycles. The van der Waals surface area contributed by atoms with Crippen molar-refractivity contribution in [2.75, 3.05) is 26.6 Å². The molecule has 118 valence electrons. The van der Waals surface area contributed by atoms with Gasteiger partial charge >= 0.3 is 5.97 Å². The van der Waals surface area contributed by atoms with Crippen molar-refractivity contribution in [3.63, 3.8) is 0 Å². The van der Waals surface area contributed by atoms with Gasteiger partial charge in [0, 0.05) is 12.1 Å². The van der Waals surface area contributed by atoms with Crippen LogP contribution >= 0.6 is 0 Å². The maximum atomic E-state index is 11.9. The number of nitrogens with one attached hydrogen (secondary N) is 1. The Bertz CT molecular complexity index is 668. The molecule has 0 atom stereocenters. The van der Waals surface area contributed by atoms with E-state index in [9.17, 15) is 4.79 Å². The molecule has 1 aromatic heterocycles. The van der Waals surface area contributed by atoms with Gasteiger partial charge in [-0.05, 0) is 6.92 Å². The minimum absolute atomic E-state index is 0.264. The summed E-state index contributed by atoms with van der Waals surface area (Å²) in [5.41, 5.74) is 0.830. The molecule has 0 aliphatic rings. The number of methoxy groups -OCH3 is 3. The fourth-order valence-corrected chi connectivity index (χ4v) is 1.89. The number of carbonyl (C=O) groups is 1. The van der Waals surface area contributed by atoms with Crippen LogP contribution in [0.25, 0.3) is 0 Å².